The van der Waals surface area contributed by atoms with E-state index in [1.54, 1.807) is 13.8 Å². The minimum atomic E-state index is -0.116. The van der Waals surface area contributed by atoms with Gasteiger partial charge in [0.1, 0.15) is 0 Å². The summed E-state index contributed by atoms with van der Waals surface area (Å²) in [7, 11) is 0. The van der Waals surface area contributed by atoms with Crippen molar-refractivity contribution in [2.45, 2.75) is 33.3 Å². The number of aliphatic hydroxyl groups excluding tert-OH is 1. The van der Waals surface area contributed by atoms with Gasteiger partial charge in [0, 0.05) is 0 Å². The number of carbonyl (C=O) groups excluding carboxylic acids is 1. The van der Waals surface area contributed by atoms with Crippen LogP contribution in [0.4, 0.5) is 0 Å². The van der Waals surface area contributed by atoms with E-state index in [1.807, 2.05) is 6.92 Å². The van der Waals surface area contributed by atoms with Crippen molar-refractivity contribution in [1.29, 1.82) is 0 Å². The Morgan fingerprint density at radius 3 is 2.00 bits per heavy atom. The molecule has 1 atom stereocenters. The quantitative estimate of drug-likeness (QED) is 0.606. The molecule has 1 unspecified atom stereocenters. The van der Waals surface area contributed by atoms with Crippen molar-refractivity contribution in [3.8, 4) is 0 Å². The maximum atomic E-state index is 9.18. The number of hydrogen-bond acceptors (Lipinski definition) is 3. The summed E-state index contributed by atoms with van der Waals surface area (Å²) < 4.78 is 4.15. The lowest BCUT2D eigenvalue weighted by Gasteiger charge is -1.90. The van der Waals surface area contributed by atoms with Gasteiger partial charge in [0.25, 0.3) is 6.47 Å². The highest BCUT2D eigenvalue weighted by Crippen LogP contribution is 1.81. The molecule has 0 bridgehead atoms. The lowest BCUT2D eigenvalue weighted by molar-refractivity contribution is -0.128. The Labute approximate surface area is 62.0 Å². The van der Waals surface area contributed by atoms with Gasteiger partial charge in [0.15, 0.2) is 0 Å². The smallest absolute Gasteiger partial charge is 0.293 e. The van der Waals surface area contributed by atoms with Crippen molar-refractivity contribution in [2.75, 3.05) is 6.61 Å². The van der Waals surface area contributed by atoms with Crippen LogP contribution in [0.1, 0.15) is 27.2 Å². The molecule has 0 saturated heterocycles. The Hall–Kier alpha value is -0.570. The normalized spacial score (nSPS) is 10.8. The topological polar surface area (TPSA) is 46.5 Å². The van der Waals surface area contributed by atoms with E-state index in [0.29, 0.717) is 13.1 Å². The summed E-state index contributed by atoms with van der Waals surface area (Å²) in [6.45, 7) is 6.39. The van der Waals surface area contributed by atoms with Gasteiger partial charge >= 0.3 is 0 Å². The van der Waals surface area contributed by atoms with Crippen molar-refractivity contribution in [2.24, 2.45) is 0 Å². The first kappa shape index (κ1) is 12.1. The Morgan fingerprint density at radius 2 is 2.00 bits per heavy atom. The maximum absolute atomic E-state index is 9.18. The number of aliphatic hydroxyl groups is 1. The molecule has 0 aliphatic rings. The molecule has 62 valence electrons. The third-order valence-electron chi connectivity index (χ3n) is 0.826. The van der Waals surface area contributed by atoms with Gasteiger partial charge in [-0.1, -0.05) is 6.92 Å². The molecule has 0 saturated carbocycles. The van der Waals surface area contributed by atoms with Gasteiger partial charge in [-0.25, -0.2) is 0 Å². The van der Waals surface area contributed by atoms with Gasteiger partial charge < -0.3 is 9.84 Å². The Bertz CT molecular complexity index is 61.9. The summed E-state index contributed by atoms with van der Waals surface area (Å²) in [6, 6.07) is 0. The summed E-state index contributed by atoms with van der Waals surface area (Å²) in [5.41, 5.74) is 0. The van der Waals surface area contributed by atoms with Crippen LogP contribution in [0.5, 0.6) is 0 Å². The fourth-order valence-corrected chi connectivity index (χ4v) is 0.0680. The van der Waals surface area contributed by atoms with Gasteiger partial charge in [0.05, 0.1) is 12.7 Å². The molecule has 0 fully saturated rings. The maximum Gasteiger partial charge on any atom is 0.293 e. The van der Waals surface area contributed by atoms with Gasteiger partial charge in [-0.05, 0) is 20.3 Å². The van der Waals surface area contributed by atoms with E-state index >= 15 is 0 Å². The first-order valence-corrected chi connectivity index (χ1v) is 3.42. The molecule has 0 aliphatic heterocycles. The molecule has 0 spiro atoms. The van der Waals surface area contributed by atoms with E-state index in [-0.39, 0.29) is 6.10 Å². The molecule has 0 aromatic heterocycles. The Kier molecular flexibility index (Phi) is 13.7. The summed E-state index contributed by atoms with van der Waals surface area (Å²) in [5.74, 6) is 0. The van der Waals surface area contributed by atoms with E-state index in [9.17, 15) is 4.79 Å². The predicted octanol–water partition coefficient (Wildman–Crippen LogP) is 0.956. The zero-order chi connectivity index (χ0) is 8.41. The van der Waals surface area contributed by atoms with E-state index in [2.05, 4.69) is 4.74 Å². The van der Waals surface area contributed by atoms with Gasteiger partial charge in [0.2, 0.25) is 0 Å². The highest BCUT2D eigenvalue weighted by molar-refractivity contribution is 5.36. The standard InChI is InChI=1S/C4H10O.C3H6O2/c1-3-4(2)5;1-2-5-3-4/h4-5H,3H2,1-2H3;3H,2H2,1H3. The van der Waals surface area contributed by atoms with E-state index in [1.165, 1.54) is 0 Å². The third-order valence-corrected chi connectivity index (χ3v) is 0.826. The highest BCUT2D eigenvalue weighted by Gasteiger charge is 1.81. The zero-order valence-electron chi connectivity index (χ0n) is 6.83. The molecule has 0 radical (unpaired) electrons. The molecule has 3 nitrogen and oxygen atoms in total. The van der Waals surface area contributed by atoms with Gasteiger partial charge in [-0.3, -0.25) is 4.79 Å². The number of carbonyl (C=O) groups is 1. The molecule has 1 N–H and O–H groups in total. The minimum Gasteiger partial charge on any atom is -0.468 e. The van der Waals surface area contributed by atoms with Crippen LogP contribution in [-0.2, 0) is 9.53 Å². The van der Waals surface area contributed by atoms with Crippen LogP contribution in [0.15, 0.2) is 0 Å². The van der Waals surface area contributed by atoms with Crippen LogP contribution in [-0.4, -0.2) is 24.3 Å². The summed E-state index contributed by atoms with van der Waals surface area (Å²) in [4.78, 5) is 9.18. The second kappa shape index (κ2) is 11.3. The molecule has 10 heavy (non-hydrogen) atoms. The van der Waals surface area contributed by atoms with E-state index in [0.717, 1.165) is 6.42 Å². The summed E-state index contributed by atoms with van der Waals surface area (Å²) >= 11 is 0. The number of rotatable bonds is 3. The molecule has 0 aromatic carbocycles. The molecular weight excluding hydrogens is 132 g/mol. The molecule has 0 heterocycles. The monoisotopic (exact) mass is 148 g/mol. The first-order chi connectivity index (χ1) is 4.68. The van der Waals surface area contributed by atoms with Crippen LogP contribution >= 0.6 is 0 Å². The van der Waals surface area contributed by atoms with Crippen LogP contribution in [0.3, 0.4) is 0 Å². The Morgan fingerprint density at radius 1 is 1.60 bits per heavy atom. The number of hydrogen-bond donors (Lipinski definition) is 1. The lowest BCUT2D eigenvalue weighted by Crippen LogP contribution is -1.93. The van der Waals surface area contributed by atoms with Crippen molar-refractivity contribution < 1.29 is 14.6 Å². The number of ether oxygens (including phenoxy) is 1. The van der Waals surface area contributed by atoms with Crippen molar-refractivity contribution >= 4 is 6.47 Å². The van der Waals surface area contributed by atoms with Crippen LogP contribution in [0, 0.1) is 0 Å². The van der Waals surface area contributed by atoms with Crippen LogP contribution in [0.25, 0.3) is 0 Å². The fraction of sp³-hybridized carbons (Fsp3) is 0.857. The van der Waals surface area contributed by atoms with Gasteiger partial charge in [-0.15, -0.1) is 0 Å². The second-order valence-corrected chi connectivity index (χ2v) is 1.81. The molecule has 0 aliphatic carbocycles. The summed E-state index contributed by atoms with van der Waals surface area (Å²) in [6.07, 6.45) is 0.745. The molecule has 0 aromatic rings. The SMILES string of the molecule is CCC(C)O.CCOC=O. The van der Waals surface area contributed by atoms with Crippen LogP contribution < -0.4 is 0 Å². The summed E-state index contributed by atoms with van der Waals surface area (Å²) in [5, 5.41) is 8.36. The van der Waals surface area contributed by atoms with Crippen molar-refractivity contribution in [3.63, 3.8) is 0 Å². The van der Waals surface area contributed by atoms with E-state index < -0.39 is 0 Å². The van der Waals surface area contributed by atoms with Crippen molar-refractivity contribution in [3.05, 3.63) is 0 Å². The van der Waals surface area contributed by atoms with E-state index in [4.69, 9.17) is 5.11 Å². The van der Waals surface area contributed by atoms with Crippen LogP contribution in [0.2, 0.25) is 0 Å². The average molecular weight is 148 g/mol. The molecule has 3 heteroatoms. The molecule has 0 rings (SSSR count). The average Bonchev–Trinajstić information content (AvgIpc) is 1.91. The molecular formula is C7H16O3. The predicted molar refractivity (Wildman–Crippen MR) is 39.7 cm³/mol. The first-order valence-electron chi connectivity index (χ1n) is 3.42. The zero-order valence-corrected chi connectivity index (χ0v) is 6.83. The fourth-order valence-electron chi connectivity index (χ4n) is 0.0680. The minimum absolute atomic E-state index is 0.116. The third kappa shape index (κ3) is 26.1. The Balaban J connectivity index is 0. The molecule has 0 amide bonds. The second-order valence-electron chi connectivity index (χ2n) is 1.81. The van der Waals surface area contributed by atoms with Crippen molar-refractivity contribution in [1.82, 2.24) is 0 Å². The highest BCUT2D eigenvalue weighted by atomic mass is 16.5. The lowest BCUT2D eigenvalue weighted by atomic mass is 10.3. The van der Waals surface area contributed by atoms with Gasteiger partial charge in [-0.2, -0.15) is 0 Å². The largest absolute Gasteiger partial charge is 0.468 e.